The summed E-state index contributed by atoms with van der Waals surface area (Å²) in [6.07, 6.45) is 6.57. The van der Waals surface area contributed by atoms with E-state index in [-0.39, 0.29) is 18.1 Å². The van der Waals surface area contributed by atoms with Crippen molar-refractivity contribution in [3.8, 4) is 0 Å². The second-order valence-corrected chi connectivity index (χ2v) is 13.5. The third-order valence-corrected chi connectivity index (χ3v) is 9.64. The second kappa shape index (κ2) is 16.2. The Kier molecular flexibility index (Phi) is 11.2. The molecule has 55 heavy (non-hydrogen) atoms. The second-order valence-electron chi connectivity index (χ2n) is 13.5. The van der Waals surface area contributed by atoms with Crippen LogP contribution in [0.5, 0.6) is 0 Å². The number of amides is 3. The minimum absolute atomic E-state index is 0.0896. The van der Waals surface area contributed by atoms with Crippen LogP contribution in [0.2, 0.25) is 0 Å². The SMILES string of the molecule is C=CCn1c(NC(=O)c2c(CCCCCn3nc(C)cc3C(=O)Cc3[nH]c4cc(C(N)=O)ccc4[n+]3CC=C)c(C)nn2CC)nc2cc(C(N)=O)ccc21. The highest BCUT2D eigenvalue weighted by Crippen LogP contribution is 2.24. The number of Topliss-reactive ketones (excluding diaryl/α,β-unsaturated/α-hetero) is 1. The van der Waals surface area contributed by atoms with Gasteiger partial charge in [-0.3, -0.25) is 33.9 Å². The Bertz CT molecular complexity index is 2480. The summed E-state index contributed by atoms with van der Waals surface area (Å²) in [6, 6.07) is 12.0. The summed E-state index contributed by atoms with van der Waals surface area (Å²) >= 11 is 0. The summed E-state index contributed by atoms with van der Waals surface area (Å²) in [5, 5.41) is 12.3. The lowest BCUT2D eigenvalue weighted by Gasteiger charge is -2.11. The predicted molar refractivity (Wildman–Crippen MR) is 209 cm³/mol. The van der Waals surface area contributed by atoms with Crippen LogP contribution in [0.25, 0.3) is 22.1 Å². The first-order chi connectivity index (χ1) is 26.4. The smallest absolute Gasteiger partial charge is 0.276 e. The number of imidazole rings is 2. The number of fused-ring (bicyclic) bond motifs is 2. The molecule has 15 heteroatoms. The predicted octanol–water partition coefficient (Wildman–Crippen LogP) is 4.50. The lowest BCUT2D eigenvalue weighted by Crippen LogP contribution is -2.37. The van der Waals surface area contributed by atoms with Crippen molar-refractivity contribution in [3.05, 3.63) is 113 Å². The van der Waals surface area contributed by atoms with Crippen molar-refractivity contribution in [2.24, 2.45) is 11.5 Å². The molecule has 4 heterocycles. The van der Waals surface area contributed by atoms with E-state index in [9.17, 15) is 19.2 Å². The molecule has 15 nitrogen and oxygen atoms in total. The zero-order chi connectivity index (χ0) is 39.4. The Morgan fingerprint density at radius 2 is 1.67 bits per heavy atom. The molecule has 2 aromatic carbocycles. The fraction of sp³-hybridized carbons (Fsp3) is 0.300. The number of anilines is 1. The first-order valence-electron chi connectivity index (χ1n) is 18.2. The van der Waals surface area contributed by atoms with Crippen LogP contribution in [0.3, 0.4) is 0 Å². The van der Waals surface area contributed by atoms with Crippen LogP contribution in [0.1, 0.15) is 90.7 Å². The quantitative estimate of drug-likeness (QED) is 0.0429. The summed E-state index contributed by atoms with van der Waals surface area (Å²) in [5.74, 6) is -0.500. The fourth-order valence-corrected chi connectivity index (χ4v) is 7.05. The van der Waals surface area contributed by atoms with Crippen LogP contribution in [0.15, 0.2) is 67.8 Å². The fourth-order valence-electron chi connectivity index (χ4n) is 7.05. The lowest BCUT2D eigenvalue weighted by atomic mass is 10.0. The van der Waals surface area contributed by atoms with Crippen LogP contribution in [-0.4, -0.2) is 57.6 Å². The van der Waals surface area contributed by atoms with Gasteiger partial charge in [0.1, 0.15) is 24.4 Å². The van der Waals surface area contributed by atoms with Crippen molar-refractivity contribution in [1.82, 2.24) is 34.1 Å². The number of allylic oxidation sites excluding steroid dienone is 2. The number of carbonyl (C=O) groups excluding carboxylic acids is 4. The first-order valence-corrected chi connectivity index (χ1v) is 18.2. The Labute approximate surface area is 317 Å². The monoisotopic (exact) mass is 744 g/mol. The standard InChI is InChI=1S/C40H45N11O4/c1-6-17-48-31-15-13-26(37(41)53)21-29(31)43-35(48)23-34(52)33-20-24(4)46-51(33)19-11-9-10-12-28-25(5)47-50(8-3)36(28)39(55)45-40-44-30-22-27(38(42)54)14-16-32(30)49(40)18-7-2/h6-7,13-16,20-22H,1-2,8-12,17-19,23H2,3-5H3,(H5,41,42,44,45,53,54,55)/p+1. The normalized spacial score (nSPS) is 11.3. The number of aryl methyl sites for hydroxylation is 4. The molecule has 0 saturated carbocycles. The van der Waals surface area contributed by atoms with Crippen LogP contribution in [0.4, 0.5) is 5.95 Å². The van der Waals surface area contributed by atoms with Gasteiger partial charge in [0, 0.05) is 42.4 Å². The maximum Gasteiger partial charge on any atom is 0.276 e. The molecule has 6 N–H and O–H groups in total. The third-order valence-electron chi connectivity index (χ3n) is 9.64. The van der Waals surface area contributed by atoms with Crippen LogP contribution in [0, 0.1) is 13.8 Å². The van der Waals surface area contributed by atoms with E-state index >= 15 is 0 Å². The topological polar surface area (TPSA) is 205 Å². The van der Waals surface area contributed by atoms with Gasteiger partial charge < -0.3 is 16.0 Å². The summed E-state index contributed by atoms with van der Waals surface area (Å²) in [7, 11) is 0. The Hall–Kier alpha value is -6.64. The number of hydrogen-bond donors (Lipinski definition) is 4. The maximum atomic E-state index is 13.9. The first kappa shape index (κ1) is 38.1. The Balaban J connectivity index is 1.12. The molecule has 0 radical (unpaired) electrons. The number of primary amides is 2. The molecule has 0 spiro atoms. The zero-order valence-electron chi connectivity index (χ0n) is 31.4. The van der Waals surface area contributed by atoms with Gasteiger partial charge in [-0.1, -0.05) is 25.2 Å². The highest BCUT2D eigenvalue weighted by molar-refractivity contribution is 6.04. The zero-order valence-corrected chi connectivity index (χ0v) is 31.4. The molecule has 6 rings (SSSR count). The molecule has 0 aliphatic rings. The van der Waals surface area contributed by atoms with Gasteiger partial charge in [0.05, 0.1) is 22.4 Å². The Morgan fingerprint density at radius 3 is 2.38 bits per heavy atom. The molecule has 284 valence electrons. The van der Waals surface area contributed by atoms with Gasteiger partial charge in [-0.25, -0.2) is 14.5 Å². The van der Waals surface area contributed by atoms with Gasteiger partial charge in [0.15, 0.2) is 16.8 Å². The molecule has 0 saturated heterocycles. The van der Waals surface area contributed by atoms with Crippen LogP contribution in [-0.2, 0) is 39.0 Å². The van der Waals surface area contributed by atoms with Crippen molar-refractivity contribution in [2.45, 2.75) is 79.1 Å². The average Bonchev–Trinajstić information content (AvgIpc) is 3.89. The van der Waals surface area contributed by atoms with Gasteiger partial charge in [0.2, 0.25) is 17.8 Å². The van der Waals surface area contributed by atoms with Crippen molar-refractivity contribution in [2.75, 3.05) is 5.32 Å². The van der Waals surface area contributed by atoms with Crippen molar-refractivity contribution in [1.29, 1.82) is 0 Å². The molecule has 3 amide bonds. The summed E-state index contributed by atoms with van der Waals surface area (Å²) < 4.78 is 7.26. The number of H-pyrrole nitrogens is 1. The molecule has 6 aromatic rings. The van der Waals surface area contributed by atoms with Gasteiger partial charge in [0.25, 0.3) is 11.7 Å². The molecule has 0 bridgehead atoms. The van der Waals surface area contributed by atoms with Crippen molar-refractivity contribution >= 4 is 51.5 Å². The summed E-state index contributed by atoms with van der Waals surface area (Å²) in [5.41, 5.74) is 17.9. The number of aromatic amines is 1. The highest BCUT2D eigenvalue weighted by atomic mass is 16.2. The van der Waals surface area contributed by atoms with Gasteiger partial charge >= 0.3 is 0 Å². The molecule has 0 fully saturated rings. The molecule has 0 atom stereocenters. The molecule has 0 unspecified atom stereocenters. The van der Waals surface area contributed by atoms with E-state index in [1.165, 1.54) is 0 Å². The lowest BCUT2D eigenvalue weighted by molar-refractivity contribution is -0.667. The summed E-state index contributed by atoms with van der Waals surface area (Å²) in [4.78, 5) is 59.1. The van der Waals surface area contributed by atoms with Crippen molar-refractivity contribution < 1.29 is 23.7 Å². The van der Waals surface area contributed by atoms with Gasteiger partial charge in [-0.2, -0.15) is 10.2 Å². The number of nitrogens with one attached hydrogen (secondary N) is 2. The third kappa shape index (κ3) is 7.86. The Morgan fingerprint density at radius 1 is 0.927 bits per heavy atom. The number of nitrogens with two attached hydrogens (primary N) is 2. The number of rotatable bonds is 18. The van der Waals surface area contributed by atoms with Gasteiger partial charge in [-0.05, 0) is 76.4 Å². The minimum Gasteiger partial charge on any atom is -0.366 e. The number of aromatic nitrogens is 8. The molecule has 0 aliphatic carbocycles. The van der Waals surface area contributed by atoms with E-state index < -0.39 is 11.8 Å². The van der Waals surface area contributed by atoms with E-state index in [1.54, 1.807) is 57.9 Å². The van der Waals surface area contributed by atoms with E-state index in [0.29, 0.717) is 77.9 Å². The van der Waals surface area contributed by atoms with E-state index in [4.69, 9.17) is 11.5 Å². The van der Waals surface area contributed by atoms with E-state index in [1.807, 2.05) is 36.0 Å². The number of nitrogens with zero attached hydrogens (tertiary/aromatic N) is 7. The molecular formula is C40H46N11O4+. The number of benzene rings is 2. The number of hydrogen-bond acceptors (Lipinski definition) is 7. The number of carbonyl (C=O) groups is 4. The average molecular weight is 745 g/mol. The van der Waals surface area contributed by atoms with Gasteiger partial charge in [-0.15, -0.1) is 6.58 Å². The number of unbranched alkanes of at least 4 members (excludes halogenated alkanes) is 2. The highest BCUT2D eigenvalue weighted by Gasteiger charge is 2.26. The number of ketones is 1. The van der Waals surface area contributed by atoms with E-state index in [2.05, 4.69) is 38.6 Å². The summed E-state index contributed by atoms with van der Waals surface area (Å²) in [6.45, 7) is 15.3. The van der Waals surface area contributed by atoms with Crippen LogP contribution >= 0.6 is 0 Å². The molecular weight excluding hydrogens is 699 g/mol. The largest absolute Gasteiger partial charge is 0.366 e. The minimum atomic E-state index is -0.562. The van der Waals surface area contributed by atoms with E-state index in [0.717, 1.165) is 47.2 Å². The molecule has 0 aliphatic heterocycles. The van der Waals surface area contributed by atoms with Crippen LogP contribution < -0.4 is 21.4 Å². The van der Waals surface area contributed by atoms with Crippen molar-refractivity contribution in [3.63, 3.8) is 0 Å². The molecule has 4 aromatic heterocycles. The maximum absolute atomic E-state index is 13.9.